The second kappa shape index (κ2) is 9.17. The molecule has 9 rings (SSSR count). The van der Waals surface area contributed by atoms with Crippen molar-refractivity contribution in [3.63, 3.8) is 0 Å². The maximum Gasteiger partial charge on any atom is 0.193 e. The number of rotatable bonds is 2. The van der Waals surface area contributed by atoms with Gasteiger partial charge >= 0.3 is 0 Å². The fraction of sp³-hybridized carbons (Fsp3) is 0.159. The Bertz CT molecular complexity index is 2450. The zero-order chi connectivity index (χ0) is 31.5. The number of aryl methyl sites for hydroxylation is 1. The molecular formula is C44H35NO. The van der Waals surface area contributed by atoms with Crippen LogP contribution in [0.2, 0.25) is 0 Å². The molecule has 1 heterocycles. The summed E-state index contributed by atoms with van der Waals surface area (Å²) < 4.78 is 2.50. The molecule has 2 aliphatic carbocycles. The van der Waals surface area contributed by atoms with Crippen molar-refractivity contribution in [2.24, 2.45) is 0 Å². The van der Waals surface area contributed by atoms with Crippen molar-refractivity contribution in [2.75, 3.05) is 0 Å². The normalized spacial score (nSPS) is 15.5. The highest BCUT2D eigenvalue weighted by molar-refractivity contribution is 6.16. The lowest BCUT2D eigenvalue weighted by Gasteiger charge is -2.34. The van der Waals surface area contributed by atoms with Gasteiger partial charge in [0.05, 0.1) is 11.0 Å². The van der Waals surface area contributed by atoms with Gasteiger partial charge in [-0.05, 0) is 69.6 Å². The molecule has 222 valence electrons. The molecule has 0 radical (unpaired) electrons. The van der Waals surface area contributed by atoms with Gasteiger partial charge in [-0.1, -0.05) is 131 Å². The van der Waals surface area contributed by atoms with Crippen LogP contribution >= 0.6 is 0 Å². The van der Waals surface area contributed by atoms with E-state index in [1.165, 1.54) is 49.6 Å². The third-order valence-corrected chi connectivity index (χ3v) is 10.9. The summed E-state index contributed by atoms with van der Waals surface area (Å²) >= 11 is 0. The number of hydrogen-bond acceptors (Lipinski definition) is 1. The number of para-hydroxylation sites is 1. The summed E-state index contributed by atoms with van der Waals surface area (Å²) in [5.41, 5.74) is 16.0. The molecule has 7 aromatic rings. The molecule has 0 spiro atoms. The van der Waals surface area contributed by atoms with Crippen molar-refractivity contribution in [3.8, 4) is 27.9 Å². The van der Waals surface area contributed by atoms with Crippen molar-refractivity contribution >= 4 is 27.6 Å². The smallest absolute Gasteiger partial charge is 0.193 e. The van der Waals surface area contributed by atoms with Crippen molar-refractivity contribution in [1.29, 1.82) is 0 Å². The molecule has 0 bridgehead atoms. The minimum absolute atomic E-state index is 0.0791. The van der Waals surface area contributed by atoms with E-state index in [1.807, 2.05) is 24.3 Å². The van der Waals surface area contributed by atoms with E-state index < -0.39 is 0 Å². The van der Waals surface area contributed by atoms with Crippen LogP contribution in [-0.4, -0.2) is 10.4 Å². The minimum atomic E-state index is -0.280. The van der Waals surface area contributed by atoms with Gasteiger partial charge in [-0.2, -0.15) is 0 Å². The quantitative estimate of drug-likeness (QED) is 0.195. The van der Waals surface area contributed by atoms with Crippen LogP contribution < -0.4 is 0 Å². The first-order chi connectivity index (χ1) is 22.2. The summed E-state index contributed by atoms with van der Waals surface area (Å²) in [5, 5.41) is 2.56. The van der Waals surface area contributed by atoms with E-state index in [-0.39, 0.29) is 16.6 Å². The van der Waals surface area contributed by atoms with Crippen LogP contribution in [0.15, 0.2) is 121 Å². The molecule has 46 heavy (non-hydrogen) atoms. The van der Waals surface area contributed by atoms with E-state index in [1.54, 1.807) is 0 Å². The highest BCUT2D eigenvalue weighted by Crippen LogP contribution is 2.53. The first-order valence-corrected chi connectivity index (χ1v) is 16.2. The number of aromatic nitrogens is 1. The lowest BCUT2D eigenvalue weighted by Crippen LogP contribution is -2.30. The highest BCUT2D eigenvalue weighted by atomic mass is 16.1. The Kier molecular flexibility index (Phi) is 5.41. The average Bonchev–Trinajstić information content (AvgIpc) is 3.54. The summed E-state index contributed by atoms with van der Waals surface area (Å²) in [4.78, 5) is 13.6. The van der Waals surface area contributed by atoms with E-state index in [4.69, 9.17) is 0 Å². The van der Waals surface area contributed by atoms with Gasteiger partial charge in [0.15, 0.2) is 5.78 Å². The van der Waals surface area contributed by atoms with Crippen LogP contribution in [0.5, 0.6) is 0 Å². The van der Waals surface area contributed by atoms with Gasteiger partial charge in [-0.15, -0.1) is 0 Å². The number of carbonyl (C=O) groups is 1. The summed E-state index contributed by atoms with van der Waals surface area (Å²) in [5.74, 6) is 0.114. The Morgan fingerprint density at radius 3 is 1.93 bits per heavy atom. The van der Waals surface area contributed by atoms with Crippen molar-refractivity contribution < 1.29 is 4.79 Å². The molecule has 2 heteroatoms. The monoisotopic (exact) mass is 593 g/mol. The molecule has 2 nitrogen and oxygen atoms in total. The Morgan fingerprint density at radius 2 is 1.13 bits per heavy atom. The second-order valence-electron chi connectivity index (χ2n) is 14.2. The predicted molar refractivity (Wildman–Crippen MR) is 191 cm³/mol. The number of fused-ring (bicyclic) bond motifs is 9. The van der Waals surface area contributed by atoms with Gasteiger partial charge in [-0.3, -0.25) is 4.79 Å². The third kappa shape index (κ3) is 3.45. The van der Waals surface area contributed by atoms with Crippen molar-refractivity contribution in [2.45, 2.75) is 45.4 Å². The molecule has 0 saturated heterocycles. The van der Waals surface area contributed by atoms with Crippen LogP contribution in [-0.2, 0) is 10.8 Å². The van der Waals surface area contributed by atoms with E-state index in [2.05, 4.69) is 136 Å². The summed E-state index contributed by atoms with van der Waals surface area (Å²) in [6, 6.07) is 43.7. The van der Waals surface area contributed by atoms with Crippen molar-refractivity contribution in [3.05, 3.63) is 160 Å². The van der Waals surface area contributed by atoms with E-state index in [0.29, 0.717) is 0 Å². The Hall–Kier alpha value is -5.21. The molecule has 1 aromatic heterocycles. The molecule has 0 atom stereocenters. The van der Waals surface area contributed by atoms with E-state index >= 15 is 0 Å². The Labute approximate surface area is 270 Å². The number of benzene rings is 6. The molecule has 2 aliphatic rings. The lowest BCUT2D eigenvalue weighted by molar-refractivity contribution is 0.103. The first kappa shape index (κ1) is 27.1. The van der Waals surface area contributed by atoms with Gasteiger partial charge in [-0.25, -0.2) is 0 Å². The van der Waals surface area contributed by atoms with Crippen LogP contribution in [0, 0.1) is 6.92 Å². The largest absolute Gasteiger partial charge is 0.308 e. The fourth-order valence-corrected chi connectivity index (χ4v) is 8.55. The van der Waals surface area contributed by atoms with E-state index in [9.17, 15) is 4.79 Å². The van der Waals surface area contributed by atoms with E-state index in [0.717, 1.165) is 39.1 Å². The predicted octanol–water partition coefficient (Wildman–Crippen LogP) is 10.9. The van der Waals surface area contributed by atoms with Crippen LogP contribution in [0.4, 0.5) is 0 Å². The van der Waals surface area contributed by atoms with Gasteiger partial charge in [0.2, 0.25) is 0 Å². The number of carbonyl (C=O) groups excluding carboxylic acids is 1. The summed E-state index contributed by atoms with van der Waals surface area (Å²) in [6.45, 7) is 11.4. The Morgan fingerprint density at radius 1 is 0.500 bits per heavy atom. The van der Waals surface area contributed by atoms with Crippen LogP contribution in [0.25, 0.3) is 49.7 Å². The van der Waals surface area contributed by atoms with Crippen LogP contribution in [0.3, 0.4) is 0 Å². The maximum atomic E-state index is 13.6. The molecule has 0 N–H and O–H groups in total. The van der Waals surface area contributed by atoms with Gasteiger partial charge in [0.25, 0.3) is 0 Å². The van der Waals surface area contributed by atoms with Gasteiger partial charge in [0, 0.05) is 44.0 Å². The van der Waals surface area contributed by atoms with Crippen molar-refractivity contribution in [1.82, 2.24) is 4.57 Å². The third-order valence-electron chi connectivity index (χ3n) is 10.9. The topological polar surface area (TPSA) is 22.0 Å². The Balaban J connectivity index is 1.30. The number of hydrogen-bond donors (Lipinski definition) is 0. The standard InChI is InChI=1S/C44H35NO/c1-26-12-10-17-30-31-22-23-37-39(32-15-6-8-18-35(32)43(37,2)3)41(31)45(40(26)30)29-14-11-13-27(24-29)28-20-21-34-38(25-28)44(4,5)36-19-9-7-16-33(36)42(34)46/h6-25H,1-5H3. The zero-order valence-corrected chi connectivity index (χ0v) is 26.9. The summed E-state index contributed by atoms with van der Waals surface area (Å²) in [7, 11) is 0. The maximum absolute atomic E-state index is 13.6. The van der Waals surface area contributed by atoms with Crippen LogP contribution in [0.1, 0.15) is 71.4 Å². The molecule has 0 saturated carbocycles. The number of ketones is 1. The average molecular weight is 594 g/mol. The molecule has 0 amide bonds. The molecule has 0 fully saturated rings. The zero-order valence-electron chi connectivity index (χ0n) is 26.9. The molecule has 0 unspecified atom stereocenters. The summed E-state index contributed by atoms with van der Waals surface area (Å²) in [6.07, 6.45) is 0. The highest BCUT2D eigenvalue weighted by Gasteiger charge is 2.38. The second-order valence-corrected chi connectivity index (χ2v) is 14.2. The molecule has 0 aliphatic heterocycles. The first-order valence-electron chi connectivity index (χ1n) is 16.2. The fourth-order valence-electron chi connectivity index (χ4n) is 8.55. The van der Waals surface area contributed by atoms with Gasteiger partial charge < -0.3 is 4.57 Å². The molecule has 6 aromatic carbocycles. The lowest BCUT2D eigenvalue weighted by atomic mass is 9.68. The van der Waals surface area contributed by atoms with Gasteiger partial charge in [0.1, 0.15) is 0 Å². The molecular weight excluding hydrogens is 558 g/mol. The number of nitrogens with zero attached hydrogens (tertiary/aromatic N) is 1. The minimum Gasteiger partial charge on any atom is -0.308 e. The SMILES string of the molecule is Cc1cccc2c3ccc4c(c3n(-c3cccc(-c5ccc6c(c5)C(C)(C)c5ccccc5C6=O)c3)c12)-c1ccccc1C4(C)C.